The quantitative estimate of drug-likeness (QED) is 0.324. The van der Waals surface area contributed by atoms with Gasteiger partial charge >= 0.3 is 0 Å². The molecule has 2 aromatic heterocycles. The number of aliphatic hydroxyl groups excluding tert-OH is 1. The summed E-state index contributed by atoms with van der Waals surface area (Å²) in [4.78, 5) is 17.7. The fraction of sp³-hybridized carbons (Fsp3) is 0.567. The predicted molar refractivity (Wildman–Crippen MR) is 164 cm³/mol. The molecule has 2 N–H and O–H groups in total. The van der Waals surface area contributed by atoms with Gasteiger partial charge in [0.25, 0.3) is 0 Å². The third-order valence-electron chi connectivity index (χ3n) is 8.39. The van der Waals surface area contributed by atoms with Gasteiger partial charge in [-0.05, 0) is 55.3 Å². The maximum Gasteiger partial charge on any atom is 0.227 e. The number of alkyl halides is 1. The molecule has 2 fully saturated rings. The highest BCUT2D eigenvalue weighted by Gasteiger charge is 2.39. The van der Waals surface area contributed by atoms with Crippen LogP contribution in [0.2, 0.25) is 0 Å². The van der Waals surface area contributed by atoms with Crippen molar-refractivity contribution in [1.29, 1.82) is 0 Å². The van der Waals surface area contributed by atoms with Gasteiger partial charge in [-0.25, -0.2) is 22.8 Å². The van der Waals surface area contributed by atoms with Gasteiger partial charge in [-0.1, -0.05) is 26.8 Å². The Kier molecular flexibility index (Phi) is 8.86. The molecular weight excluding hydrogens is 559 g/mol. The molecule has 0 aliphatic carbocycles. The van der Waals surface area contributed by atoms with Crippen molar-refractivity contribution in [3.05, 3.63) is 42.2 Å². The summed E-state index contributed by atoms with van der Waals surface area (Å²) in [5.41, 5.74) is 2.25. The van der Waals surface area contributed by atoms with Crippen LogP contribution in [0.1, 0.15) is 52.5 Å². The molecule has 0 radical (unpaired) electrons. The number of nitrogens with one attached hydrogen (secondary N) is 1. The van der Waals surface area contributed by atoms with Crippen molar-refractivity contribution in [2.24, 2.45) is 5.92 Å². The lowest BCUT2D eigenvalue weighted by atomic mass is 9.88. The molecule has 5 rings (SSSR count). The first-order valence-electron chi connectivity index (χ1n) is 14.7. The van der Waals surface area contributed by atoms with Gasteiger partial charge in [-0.2, -0.15) is 4.98 Å². The van der Waals surface area contributed by atoms with Gasteiger partial charge < -0.3 is 25.0 Å². The molecule has 1 unspecified atom stereocenters. The number of nitrogens with zero attached hydrogens (tertiary/aromatic N) is 5. The van der Waals surface area contributed by atoms with E-state index in [4.69, 9.17) is 9.72 Å². The zero-order valence-electron chi connectivity index (χ0n) is 24.9. The van der Waals surface area contributed by atoms with Crippen molar-refractivity contribution >= 4 is 43.9 Å². The Labute approximate surface area is 247 Å². The van der Waals surface area contributed by atoms with Crippen LogP contribution in [0.15, 0.2) is 36.7 Å². The second kappa shape index (κ2) is 12.3. The number of hydrogen-bond acceptors (Lipinski definition) is 10. The van der Waals surface area contributed by atoms with E-state index in [2.05, 4.69) is 53.1 Å². The molecule has 2 aliphatic rings. The minimum Gasteiger partial charge on any atom is -0.368 e. The molecule has 0 bridgehead atoms. The van der Waals surface area contributed by atoms with Crippen LogP contribution in [-0.2, 0) is 14.6 Å². The summed E-state index contributed by atoms with van der Waals surface area (Å²) in [6.45, 7) is 10.9. The summed E-state index contributed by atoms with van der Waals surface area (Å²) >= 11 is 0. The monoisotopic (exact) mass is 600 g/mol. The number of anilines is 4. The third-order valence-corrected chi connectivity index (χ3v) is 10.2. The summed E-state index contributed by atoms with van der Waals surface area (Å²) in [6, 6.07) is 8.16. The summed E-state index contributed by atoms with van der Waals surface area (Å²) < 4.78 is 44.4. The maximum absolute atomic E-state index is 14.7. The first-order valence-corrected chi connectivity index (χ1v) is 16.5. The molecule has 10 nitrogen and oxygen atoms in total. The average molecular weight is 601 g/mol. The van der Waals surface area contributed by atoms with Gasteiger partial charge in [0.1, 0.15) is 27.6 Å². The number of fused-ring (bicyclic) bond motifs is 1. The van der Waals surface area contributed by atoms with E-state index in [0.717, 1.165) is 16.5 Å². The Hall–Kier alpha value is -3.09. The van der Waals surface area contributed by atoms with Crippen molar-refractivity contribution in [2.75, 3.05) is 46.3 Å². The third kappa shape index (κ3) is 6.45. The number of piperidine rings is 1. The second-order valence-corrected chi connectivity index (χ2v) is 14.1. The molecule has 2 aliphatic heterocycles. The summed E-state index contributed by atoms with van der Waals surface area (Å²) in [5.74, 6) is 2.37. The Morgan fingerprint density at radius 1 is 1.14 bits per heavy atom. The minimum absolute atomic E-state index is 0.0791. The van der Waals surface area contributed by atoms with Crippen molar-refractivity contribution in [1.82, 2.24) is 15.0 Å². The van der Waals surface area contributed by atoms with E-state index in [1.54, 1.807) is 24.1 Å². The highest BCUT2D eigenvalue weighted by Crippen LogP contribution is 2.39. The zero-order valence-corrected chi connectivity index (χ0v) is 25.7. The standard InChI is InChI=1S/C30H41FN6O4S/c1-6-42(39,40)17-21-15-37(19(21)4)26-8-7-22(18(2)3)23-13-29(33-14-24(23)26)34-28-9-11-32-30(35-28)36-12-10-27(25(31)16-36)41-20(5)38/h7-9,11,13-14,18-21,25,27,38H,6,10,12,15-17H2,1-5H3,(H,32,33,34,35)/t19-,20?,21-,25+,27-/m1/s1. The normalized spacial score (nSPS) is 23.7. The molecule has 0 amide bonds. The van der Waals surface area contributed by atoms with Crippen molar-refractivity contribution < 1.29 is 22.7 Å². The van der Waals surface area contributed by atoms with E-state index in [1.165, 1.54) is 12.5 Å². The minimum atomic E-state index is -3.03. The van der Waals surface area contributed by atoms with Crippen LogP contribution in [-0.4, -0.2) is 84.2 Å². The van der Waals surface area contributed by atoms with Crippen molar-refractivity contribution in [2.45, 2.75) is 71.6 Å². The number of ether oxygens (including phenoxy) is 1. The van der Waals surface area contributed by atoms with Gasteiger partial charge in [-0.3, -0.25) is 0 Å². The van der Waals surface area contributed by atoms with Crippen LogP contribution in [0.4, 0.5) is 27.7 Å². The Morgan fingerprint density at radius 3 is 2.60 bits per heavy atom. The van der Waals surface area contributed by atoms with E-state index < -0.39 is 28.4 Å². The number of halogens is 1. The van der Waals surface area contributed by atoms with E-state index in [-0.39, 0.29) is 35.9 Å². The van der Waals surface area contributed by atoms with Crippen LogP contribution in [0, 0.1) is 5.92 Å². The first-order chi connectivity index (χ1) is 20.0. The van der Waals surface area contributed by atoms with E-state index in [0.29, 0.717) is 37.1 Å². The highest BCUT2D eigenvalue weighted by atomic mass is 32.2. The molecule has 0 saturated carbocycles. The molecule has 0 spiro atoms. The molecule has 5 atom stereocenters. The Bertz CT molecular complexity index is 1520. The van der Waals surface area contributed by atoms with Crippen LogP contribution in [0.3, 0.4) is 0 Å². The van der Waals surface area contributed by atoms with Crippen LogP contribution >= 0.6 is 0 Å². The summed E-state index contributed by atoms with van der Waals surface area (Å²) in [6.07, 6.45) is 0.990. The van der Waals surface area contributed by atoms with Gasteiger partial charge in [-0.15, -0.1) is 0 Å². The van der Waals surface area contributed by atoms with E-state index >= 15 is 0 Å². The number of sulfone groups is 1. The zero-order chi connectivity index (χ0) is 30.2. The lowest BCUT2D eigenvalue weighted by molar-refractivity contribution is -0.147. The number of rotatable bonds is 10. The Morgan fingerprint density at radius 2 is 1.93 bits per heavy atom. The van der Waals surface area contributed by atoms with Gasteiger partial charge in [0.05, 0.1) is 18.4 Å². The predicted octanol–water partition coefficient (Wildman–Crippen LogP) is 4.42. The summed E-state index contributed by atoms with van der Waals surface area (Å²) in [7, 11) is -3.03. The fourth-order valence-corrected chi connectivity index (χ4v) is 7.16. The van der Waals surface area contributed by atoms with Crippen LogP contribution in [0.5, 0.6) is 0 Å². The molecule has 42 heavy (non-hydrogen) atoms. The lowest BCUT2D eigenvalue weighted by Crippen LogP contribution is -2.57. The van der Waals surface area contributed by atoms with E-state index in [9.17, 15) is 17.9 Å². The summed E-state index contributed by atoms with van der Waals surface area (Å²) in [5, 5.41) is 14.8. The Balaban J connectivity index is 1.36. The highest BCUT2D eigenvalue weighted by molar-refractivity contribution is 7.91. The number of aliphatic hydroxyl groups is 1. The largest absolute Gasteiger partial charge is 0.368 e. The van der Waals surface area contributed by atoms with Gasteiger partial charge in [0, 0.05) is 54.3 Å². The van der Waals surface area contributed by atoms with E-state index in [1.807, 2.05) is 12.3 Å². The number of benzene rings is 1. The number of aromatic nitrogens is 3. The van der Waals surface area contributed by atoms with Crippen LogP contribution < -0.4 is 15.1 Å². The van der Waals surface area contributed by atoms with Crippen molar-refractivity contribution in [3.63, 3.8) is 0 Å². The molecule has 12 heteroatoms. The van der Waals surface area contributed by atoms with Crippen molar-refractivity contribution in [3.8, 4) is 0 Å². The SMILES string of the molecule is CCS(=O)(=O)C[C@H]1CN(c2ccc(C(C)C)c3cc(Nc4ccnc(N5CC[C@@H](OC(C)O)[C@@H](F)C5)n4)ncc23)[C@@H]1C. The molecule has 2 saturated heterocycles. The molecule has 1 aromatic carbocycles. The fourth-order valence-electron chi connectivity index (χ4n) is 5.88. The second-order valence-electron chi connectivity index (χ2n) is 11.7. The maximum atomic E-state index is 14.7. The topological polar surface area (TPSA) is 121 Å². The molecule has 228 valence electrons. The van der Waals surface area contributed by atoms with Gasteiger partial charge in [0.2, 0.25) is 5.95 Å². The number of hydrogen-bond donors (Lipinski definition) is 2. The molecular formula is C30H41FN6O4S. The van der Waals surface area contributed by atoms with Gasteiger partial charge in [0.15, 0.2) is 6.29 Å². The smallest absolute Gasteiger partial charge is 0.227 e. The first kappa shape index (κ1) is 30.4. The van der Waals surface area contributed by atoms with Crippen LogP contribution in [0.25, 0.3) is 10.8 Å². The average Bonchev–Trinajstić information content (AvgIpc) is 2.95. The molecule has 3 aromatic rings. The lowest BCUT2D eigenvalue weighted by Gasteiger charge is -2.48. The number of pyridine rings is 1. The molecule has 4 heterocycles.